The molecule has 0 aliphatic heterocycles. The highest BCUT2D eigenvalue weighted by Crippen LogP contribution is 2.12. The quantitative estimate of drug-likeness (QED) is 0.304. The zero-order valence-corrected chi connectivity index (χ0v) is 17.8. The van der Waals surface area contributed by atoms with Crippen molar-refractivity contribution in [3.05, 3.63) is 58.5 Å². The summed E-state index contributed by atoms with van der Waals surface area (Å²) in [6, 6.07) is 6.31. The largest absolute Gasteiger partial charge is 0.477 e. The highest BCUT2D eigenvalue weighted by Gasteiger charge is 2.22. The van der Waals surface area contributed by atoms with Gasteiger partial charge in [0.2, 0.25) is 5.91 Å². The number of ether oxygens (including phenoxy) is 2. The number of hydrogen-bond donors (Lipinski definition) is 4. The van der Waals surface area contributed by atoms with E-state index in [1.807, 2.05) is 0 Å². The van der Waals surface area contributed by atoms with Gasteiger partial charge in [-0.25, -0.2) is 19.4 Å². The fourth-order valence-electron chi connectivity index (χ4n) is 2.50. The lowest BCUT2D eigenvalue weighted by Crippen LogP contribution is -2.28. The number of fused-ring (bicyclic) bond motifs is 1. The summed E-state index contributed by atoms with van der Waals surface area (Å²) in [6.07, 6.45) is 0. The molecule has 0 aliphatic carbocycles. The highest BCUT2D eigenvalue weighted by molar-refractivity contribution is 5.99. The molecule has 0 fully saturated rings. The first kappa shape index (κ1) is 25.3. The van der Waals surface area contributed by atoms with Crippen molar-refractivity contribution in [1.82, 2.24) is 19.8 Å². The predicted molar refractivity (Wildman–Crippen MR) is 112 cm³/mol. The Morgan fingerprint density at radius 3 is 2.06 bits per heavy atom. The molecule has 2 amide bonds. The van der Waals surface area contributed by atoms with Gasteiger partial charge in [0.05, 0.1) is 19.8 Å². The van der Waals surface area contributed by atoms with Gasteiger partial charge in [-0.1, -0.05) is 17.3 Å². The molecule has 0 radical (unpaired) electrons. The number of nitrogens with zero attached hydrogens (tertiary/aromatic N) is 4. The van der Waals surface area contributed by atoms with Gasteiger partial charge in [-0.15, -0.1) is 5.10 Å². The van der Waals surface area contributed by atoms with Crippen molar-refractivity contribution >= 4 is 35.4 Å². The van der Waals surface area contributed by atoms with Crippen LogP contribution in [0, 0.1) is 0 Å². The number of carbonyl (C=O) groups excluding carboxylic acids is 4. The van der Waals surface area contributed by atoms with Gasteiger partial charge in [-0.05, 0) is 17.7 Å². The van der Waals surface area contributed by atoms with E-state index in [0.717, 1.165) is 17.7 Å². The van der Waals surface area contributed by atoms with Crippen LogP contribution in [-0.2, 0) is 14.3 Å². The van der Waals surface area contributed by atoms with Gasteiger partial charge in [-0.3, -0.25) is 9.59 Å². The summed E-state index contributed by atoms with van der Waals surface area (Å²) in [6.45, 7) is 0. The Kier molecular flexibility index (Phi) is 7.90. The first-order chi connectivity index (χ1) is 16.0. The van der Waals surface area contributed by atoms with Crippen LogP contribution >= 0.6 is 0 Å². The van der Waals surface area contributed by atoms with Crippen molar-refractivity contribution < 1.29 is 38.6 Å². The van der Waals surface area contributed by atoms with Crippen LogP contribution in [0.2, 0.25) is 0 Å². The van der Waals surface area contributed by atoms with Crippen LogP contribution in [0.1, 0.15) is 53.4 Å². The normalized spacial score (nSPS) is 11.0. The number of amides is 2. The summed E-state index contributed by atoms with van der Waals surface area (Å²) in [4.78, 5) is 59.1. The summed E-state index contributed by atoms with van der Waals surface area (Å²) < 4.78 is 9.89. The predicted octanol–water partition coefficient (Wildman–Crippen LogP) is -1.33. The number of carboxylic acids is 1. The molecule has 3 aromatic rings. The molecule has 2 aromatic heterocycles. The van der Waals surface area contributed by atoms with Crippen molar-refractivity contribution in [3.63, 3.8) is 0 Å². The maximum Gasteiger partial charge on any atom is 0.356 e. The number of aromatic nitrogens is 4. The maximum absolute atomic E-state index is 11.5. The standard InChI is InChI=1S/C10H12N2O3.C9H7N5O5/c1-15-10(14)7-4-2-6(3-5-7)8(11)9(12)13;1-19-9(18)4-2-3(8(16)17)11-7-5(6(10)15)12-13-14(4)7/h2-5,8H,11H2,1H3,(H2,12,13);2H,1H3,(H2,10,15)(H,16,17)/t8-;/m1./s1. The molecule has 15 heteroatoms. The lowest BCUT2D eigenvalue weighted by molar-refractivity contribution is -0.119. The summed E-state index contributed by atoms with van der Waals surface area (Å²) in [5.74, 6) is -4.23. The fourth-order valence-corrected chi connectivity index (χ4v) is 2.50. The Balaban J connectivity index is 0.000000248. The number of methoxy groups -OCH3 is 2. The van der Waals surface area contributed by atoms with E-state index < -0.39 is 41.5 Å². The van der Waals surface area contributed by atoms with Crippen LogP contribution in [0.15, 0.2) is 30.3 Å². The van der Waals surface area contributed by atoms with E-state index in [-0.39, 0.29) is 17.0 Å². The van der Waals surface area contributed by atoms with Gasteiger partial charge in [0, 0.05) is 6.07 Å². The molecular formula is C19H19N7O8. The molecule has 2 heterocycles. The minimum absolute atomic E-state index is 0.229. The topological polar surface area (TPSA) is 245 Å². The van der Waals surface area contributed by atoms with Crippen molar-refractivity contribution in [3.8, 4) is 0 Å². The molecule has 0 saturated carbocycles. The average Bonchev–Trinajstić information content (AvgIpc) is 3.26. The Morgan fingerprint density at radius 1 is 1.00 bits per heavy atom. The Morgan fingerprint density at radius 2 is 1.59 bits per heavy atom. The van der Waals surface area contributed by atoms with E-state index in [1.54, 1.807) is 12.1 Å². The number of benzene rings is 1. The van der Waals surface area contributed by atoms with Gasteiger partial charge in [0.25, 0.3) is 5.91 Å². The molecule has 0 spiro atoms. The smallest absolute Gasteiger partial charge is 0.356 e. The highest BCUT2D eigenvalue weighted by atomic mass is 16.5. The Labute approximate surface area is 190 Å². The van der Waals surface area contributed by atoms with E-state index >= 15 is 0 Å². The molecule has 7 N–H and O–H groups in total. The zero-order chi connectivity index (χ0) is 25.6. The zero-order valence-electron chi connectivity index (χ0n) is 17.8. The molecule has 1 atom stereocenters. The van der Waals surface area contributed by atoms with Gasteiger partial charge < -0.3 is 31.8 Å². The molecule has 1 aromatic carbocycles. The summed E-state index contributed by atoms with van der Waals surface area (Å²) in [5, 5.41) is 15.9. The third kappa shape index (κ3) is 5.46. The van der Waals surface area contributed by atoms with Crippen LogP contribution in [0.25, 0.3) is 5.65 Å². The number of rotatable bonds is 6. The minimum atomic E-state index is -1.38. The van der Waals surface area contributed by atoms with Crippen LogP contribution in [0.5, 0.6) is 0 Å². The van der Waals surface area contributed by atoms with Crippen LogP contribution in [0.4, 0.5) is 0 Å². The molecule has 3 rings (SSSR count). The number of hydrogen-bond acceptors (Lipinski definition) is 11. The van der Waals surface area contributed by atoms with Gasteiger partial charge in [-0.2, -0.15) is 4.52 Å². The Bertz CT molecular complexity index is 1270. The average molecular weight is 473 g/mol. The van der Waals surface area contributed by atoms with Crippen LogP contribution < -0.4 is 17.2 Å². The third-order valence-electron chi connectivity index (χ3n) is 4.22. The molecule has 178 valence electrons. The number of nitrogens with two attached hydrogens (primary N) is 3. The van der Waals surface area contributed by atoms with Gasteiger partial charge in [0.1, 0.15) is 6.04 Å². The molecule has 15 nitrogen and oxygen atoms in total. The molecule has 0 unspecified atom stereocenters. The summed E-state index contributed by atoms with van der Waals surface area (Å²) in [5.41, 5.74) is 15.3. The first-order valence-corrected chi connectivity index (χ1v) is 9.12. The Hall–Kier alpha value is -4.92. The maximum atomic E-state index is 11.5. The summed E-state index contributed by atoms with van der Waals surface area (Å²) >= 11 is 0. The van der Waals surface area contributed by atoms with E-state index in [9.17, 15) is 24.0 Å². The molecule has 0 saturated heterocycles. The summed E-state index contributed by atoms with van der Waals surface area (Å²) in [7, 11) is 2.41. The van der Waals surface area contributed by atoms with Crippen molar-refractivity contribution in [2.75, 3.05) is 14.2 Å². The molecule has 0 aliphatic rings. The lowest BCUT2D eigenvalue weighted by atomic mass is 10.1. The molecule has 0 bridgehead atoms. The second-order valence-corrected chi connectivity index (χ2v) is 6.35. The number of primary amides is 2. The third-order valence-corrected chi connectivity index (χ3v) is 4.22. The number of esters is 2. The second-order valence-electron chi connectivity index (χ2n) is 6.35. The SMILES string of the molecule is COC(=O)c1cc(C(=O)O)nc2c(C(N)=O)nnn12.COC(=O)c1ccc([C@@H](N)C(N)=O)cc1. The molecule has 34 heavy (non-hydrogen) atoms. The van der Waals surface area contributed by atoms with Gasteiger partial charge in [0.15, 0.2) is 22.7 Å². The minimum Gasteiger partial charge on any atom is -0.477 e. The van der Waals surface area contributed by atoms with Crippen LogP contribution in [0.3, 0.4) is 0 Å². The number of aromatic carboxylic acids is 1. The van der Waals surface area contributed by atoms with E-state index in [1.165, 1.54) is 19.2 Å². The molecular weight excluding hydrogens is 454 g/mol. The van der Waals surface area contributed by atoms with Crippen LogP contribution in [-0.4, -0.2) is 68.9 Å². The monoisotopic (exact) mass is 473 g/mol. The van der Waals surface area contributed by atoms with Crippen molar-refractivity contribution in [1.29, 1.82) is 0 Å². The van der Waals surface area contributed by atoms with Crippen molar-refractivity contribution in [2.24, 2.45) is 17.2 Å². The number of carboxylic acid groups (broad SMARTS) is 1. The first-order valence-electron chi connectivity index (χ1n) is 9.12. The second kappa shape index (κ2) is 10.6. The van der Waals surface area contributed by atoms with Gasteiger partial charge >= 0.3 is 17.9 Å². The fraction of sp³-hybridized carbons (Fsp3) is 0.158. The van der Waals surface area contributed by atoms with E-state index in [0.29, 0.717) is 11.1 Å². The lowest BCUT2D eigenvalue weighted by Gasteiger charge is -2.07. The van der Waals surface area contributed by atoms with Crippen molar-refractivity contribution in [2.45, 2.75) is 6.04 Å². The van der Waals surface area contributed by atoms with E-state index in [4.69, 9.17) is 22.3 Å². The van der Waals surface area contributed by atoms with E-state index in [2.05, 4.69) is 24.8 Å². The number of carbonyl (C=O) groups is 5.